The van der Waals surface area contributed by atoms with Gasteiger partial charge in [-0.2, -0.15) is 0 Å². The number of benzene rings is 1. The summed E-state index contributed by atoms with van der Waals surface area (Å²) >= 11 is 17.3. The predicted octanol–water partition coefficient (Wildman–Crippen LogP) is 4.57. The van der Waals surface area contributed by atoms with Crippen molar-refractivity contribution in [3.8, 4) is 5.75 Å². The first-order valence-corrected chi connectivity index (χ1v) is 5.67. The fourth-order valence-electron chi connectivity index (χ4n) is 0.925. The molecule has 0 radical (unpaired) electrons. The molecule has 0 saturated carbocycles. The zero-order valence-electron chi connectivity index (χ0n) is 8.43. The molecule has 0 bridgehead atoms. The van der Waals surface area contributed by atoms with Crippen LogP contribution in [0, 0.1) is 0 Å². The molecule has 1 aromatic carbocycles. The Labute approximate surface area is 108 Å². The van der Waals surface area contributed by atoms with Crippen LogP contribution in [0.3, 0.4) is 0 Å². The number of carbonyl (C=O) groups is 1. The Morgan fingerprint density at radius 3 is 2.31 bits per heavy atom. The molecule has 88 valence electrons. The number of carbonyl (C=O) groups excluding carboxylic acids is 1. The monoisotopic (exact) mass is 282 g/mol. The number of halogens is 3. The molecule has 0 atom stereocenters. The number of ether oxygens (including phenoxy) is 2. The first-order chi connectivity index (χ1) is 7.54. The van der Waals surface area contributed by atoms with Gasteiger partial charge in [-0.1, -0.05) is 41.7 Å². The molecule has 16 heavy (non-hydrogen) atoms. The SMILES string of the molecule is CCCOC(=O)Oc1c(Cl)cc(Cl)cc1Cl. The lowest BCUT2D eigenvalue weighted by Crippen LogP contribution is -2.11. The molecule has 1 aromatic rings. The summed E-state index contributed by atoms with van der Waals surface area (Å²) in [6.07, 6.45) is -0.134. The smallest absolute Gasteiger partial charge is 0.434 e. The molecular weight excluding hydrogens is 274 g/mol. The van der Waals surface area contributed by atoms with Crippen molar-refractivity contribution in [2.24, 2.45) is 0 Å². The van der Waals surface area contributed by atoms with Crippen molar-refractivity contribution >= 4 is 41.0 Å². The van der Waals surface area contributed by atoms with Gasteiger partial charge in [0.05, 0.1) is 16.7 Å². The molecule has 0 N–H and O–H groups in total. The van der Waals surface area contributed by atoms with Gasteiger partial charge in [-0.15, -0.1) is 0 Å². The van der Waals surface area contributed by atoms with Crippen LogP contribution < -0.4 is 4.74 Å². The third-order valence-corrected chi connectivity index (χ3v) is 2.35. The summed E-state index contributed by atoms with van der Waals surface area (Å²) in [6, 6.07) is 2.86. The average Bonchev–Trinajstić information content (AvgIpc) is 2.20. The summed E-state index contributed by atoms with van der Waals surface area (Å²) in [5.74, 6) is 0.0498. The van der Waals surface area contributed by atoms with Crippen LogP contribution in [0.4, 0.5) is 4.79 Å². The molecule has 0 aliphatic carbocycles. The van der Waals surface area contributed by atoms with Crippen molar-refractivity contribution < 1.29 is 14.3 Å². The maximum Gasteiger partial charge on any atom is 0.513 e. The second-order valence-corrected chi connectivity index (χ2v) is 4.15. The molecule has 0 aliphatic heterocycles. The van der Waals surface area contributed by atoms with Crippen molar-refractivity contribution in [1.29, 1.82) is 0 Å². The minimum absolute atomic E-state index is 0.0498. The second-order valence-electron chi connectivity index (χ2n) is 2.90. The molecule has 0 heterocycles. The van der Waals surface area contributed by atoms with Gasteiger partial charge in [-0.05, 0) is 18.6 Å². The number of hydrogen-bond acceptors (Lipinski definition) is 3. The van der Waals surface area contributed by atoms with Crippen LogP contribution in [-0.2, 0) is 4.74 Å². The summed E-state index contributed by atoms with van der Waals surface area (Å²) in [7, 11) is 0. The van der Waals surface area contributed by atoms with Crippen LogP contribution in [0.2, 0.25) is 15.1 Å². The molecule has 0 spiro atoms. The quantitative estimate of drug-likeness (QED) is 0.602. The van der Waals surface area contributed by atoms with E-state index < -0.39 is 6.16 Å². The third-order valence-electron chi connectivity index (χ3n) is 1.57. The highest BCUT2D eigenvalue weighted by molar-refractivity contribution is 6.40. The fraction of sp³-hybridized carbons (Fsp3) is 0.300. The van der Waals surface area contributed by atoms with E-state index in [-0.39, 0.29) is 22.4 Å². The second kappa shape index (κ2) is 6.18. The summed E-state index contributed by atoms with van der Waals surface area (Å²) in [4.78, 5) is 11.2. The Morgan fingerprint density at radius 2 is 1.81 bits per heavy atom. The maximum absolute atomic E-state index is 11.2. The van der Waals surface area contributed by atoms with Crippen molar-refractivity contribution in [2.45, 2.75) is 13.3 Å². The van der Waals surface area contributed by atoms with Crippen LogP contribution in [0.15, 0.2) is 12.1 Å². The standard InChI is InChI=1S/C10H9Cl3O3/c1-2-3-15-10(14)16-9-7(12)4-6(11)5-8(9)13/h4-5H,2-3H2,1H3. The largest absolute Gasteiger partial charge is 0.513 e. The maximum atomic E-state index is 11.2. The van der Waals surface area contributed by atoms with Crippen molar-refractivity contribution in [3.63, 3.8) is 0 Å². The van der Waals surface area contributed by atoms with Crippen molar-refractivity contribution in [3.05, 3.63) is 27.2 Å². The van der Waals surface area contributed by atoms with Gasteiger partial charge in [0.2, 0.25) is 0 Å². The van der Waals surface area contributed by atoms with Crippen LogP contribution >= 0.6 is 34.8 Å². The van der Waals surface area contributed by atoms with E-state index in [1.807, 2.05) is 6.92 Å². The molecule has 1 rings (SSSR count). The zero-order chi connectivity index (χ0) is 12.1. The van der Waals surface area contributed by atoms with Gasteiger partial charge in [-0.25, -0.2) is 4.79 Å². The summed E-state index contributed by atoms with van der Waals surface area (Å²) in [6.45, 7) is 2.15. The Kier molecular flexibility index (Phi) is 5.19. The van der Waals surface area contributed by atoms with Gasteiger partial charge in [0, 0.05) is 5.02 Å². The van der Waals surface area contributed by atoms with Gasteiger partial charge in [-0.3, -0.25) is 0 Å². The van der Waals surface area contributed by atoms with Gasteiger partial charge >= 0.3 is 6.16 Å². The lowest BCUT2D eigenvalue weighted by atomic mass is 10.3. The molecule has 0 aliphatic rings. The van der Waals surface area contributed by atoms with Crippen molar-refractivity contribution in [1.82, 2.24) is 0 Å². The molecule has 6 heteroatoms. The Balaban J connectivity index is 2.77. The molecule has 0 fully saturated rings. The zero-order valence-corrected chi connectivity index (χ0v) is 10.7. The van der Waals surface area contributed by atoms with E-state index in [1.165, 1.54) is 12.1 Å². The molecular formula is C10H9Cl3O3. The van der Waals surface area contributed by atoms with E-state index in [0.717, 1.165) is 0 Å². The van der Waals surface area contributed by atoms with E-state index in [9.17, 15) is 4.79 Å². The van der Waals surface area contributed by atoms with Crippen LogP contribution in [-0.4, -0.2) is 12.8 Å². The highest BCUT2D eigenvalue weighted by Gasteiger charge is 2.14. The highest BCUT2D eigenvalue weighted by Crippen LogP contribution is 2.35. The summed E-state index contributed by atoms with van der Waals surface area (Å²) < 4.78 is 9.57. The third kappa shape index (κ3) is 3.74. The van der Waals surface area contributed by atoms with Gasteiger partial charge in [0.25, 0.3) is 0 Å². The fourth-order valence-corrected chi connectivity index (χ4v) is 1.82. The molecule has 0 unspecified atom stereocenters. The lowest BCUT2D eigenvalue weighted by Gasteiger charge is -2.08. The summed E-state index contributed by atoms with van der Waals surface area (Å²) in [5.41, 5.74) is 0. The van der Waals surface area contributed by atoms with Crippen molar-refractivity contribution in [2.75, 3.05) is 6.61 Å². The predicted molar refractivity (Wildman–Crippen MR) is 63.7 cm³/mol. The minimum Gasteiger partial charge on any atom is -0.434 e. The molecule has 3 nitrogen and oxygen atoms in total. The van der Waals surface area contributed by atoms with E-state index in [4.69, 9.17) is 44.3 Å². The highest BCUT2D eigenvalue weighted by atomic mass is 35.5. The number of hydrogen-bond donors (Lipinski definition) is 0. The van der Waals surface area contributed by atoms with E-state index >= 15 is 0 Å². The topological polar surface area (TPSA) is 35.5 Å². The Hall–Kier alpha value is -0.640. The normalized spacial score (nSPS) is 10.0. The Morgan fingerprint density at radius 1 is 1.25 bits per heavy atom. The van der Waals surface area contributed by atoms with Crippen LogP contribution in [0.5, 0.6) is 5.75 Å². The van der Waals surface area contributed by atoms with E-state index in [2.05, 4.69) is 0 Å². The lowest BCUT2D eigenvalue weighted by molar-refractivity contribution is 0.0992. The molecule has 0 saturated heterocycles. The van der Waals surface area contributed by atoms with E-state index in [0.29, 0.717) is 11.4 Å². The summed E-state index contributed by atoms with van der Waals surface area (Å²) in [5, 5.41) is 0.682. The van der Waals surface area contributed by atoms with Crippen LogP contribution in [0.1, 0.15) is 13.3 Å². The minimum atomic E-state index is -0.840. The van der Waals surface area contributed by atoms with Gasteiger partial charge in [0.15, 0.2) is 5.75 Å². The van der Waals surface area contributed by atoms with Crippen LogP contribution in [0.25, 0.3) is 0 Å². The first kappa shape index (κ1) is 13.4. The Bertz CT molecular complexity index is 370. The van der Waals surface area contributed by atoms with Gasteiger partial charge in [0.1, 0.15) is 0 Å². The average molecular weight is 284 g/mol. The number of rotatable bonds is 3. The van der Waals surface area contributed by atoms with Gasteiger partial charge < -0.3 is 9.47 Å². The van der Waals surface area contributed by atoms with E-state index in [1.54, 1.807) is 0 Å². The molecule has 0 amide bonds. The molecule has 0 aromatic heterocycles. The first-order valence-electron chi connectivity index (χ1n) is 4.53.